The van der Waals surface area contributed by atoms with Crippen LogP contribution in [-0.2, 0) is 27.1 Å². The van der Waals surface area contributed by atoms with Crippen molar-refractivity contribution in [1.82, 2.24) is 14.1 Å². The maximum atomic E-state index is 7.66. The average molecular weight is 1260 g/mol. The number of hydrogen-bond donors (Lipinski definition) is 0. The molecule has 2 aliphatic rings. The number of aromatic nitrogens is 3. The molecule has 5 heterocycles. The summed E-state index contributed by atoms with van der Waals surface area (Å²) in [5, 5.41) is 4.91. The van der Waals surface area contributed by atoms with E-state index >= 15 is 0 Å². The summed E-state index contributed by atoms with van der Waals surface area (Å²) in [6, 6.07) is 91.6. The first-order chi connectivity index (χ1) is 46.2. The number of benzene rings is 11. The first kappa shape index (κ1) is 61.7. The van der Waals surface area contributed by atoms with Crippen LogP contribution in [0.3, 0.4) is 0 Å². The van der Waals surface area contributed by atoms with Crippen LogP contribution in [0.1, 0.15) is 132 Å². The molecule has 6 heteroatoms. The number of ether oxygens (including phenoxy) is 1. The summed E-state index contributed by atoms with van der Waals surface area (Å²) < 4.78 is 12.6. The van der Waals surface area contributed by atoms with E-state index in [0.29, 0.717) is 0 Å². The van der Waals surface area contributed by atoms with Gasteiger partial charge in [-0.05, 0) is 177 Å². The van der Waals surface area contributed by atoms with Crippen molar-refractivity contribution in [2.75, 3.05) is 4.90 Å². The Morgan fingerprint density at radius 2 is 0.835 bits per heavy atom. The molecule has 11 aromatic carbocycles. The first-order valence-electron chi connectivity index (χ1n) is 34.7. The van der Waals surface area contributed by atoms with Crippen LogP contribution >= 0.6 is 0 Å². The standard InChI is InChI=1S/C91H85BN4O/c1-87(2,3)62-30-24-29-58(45-62)61-47-75(93-85(49-61)96-77-43-37-63(88(4,5)6)50-71(77)72-51-64(89(7,8)9)38-44-78(72)96)60-34-42-79-74(46-60)92-73-41-33-59(56-25-18-16-19-26-56)48-83(73)97-84-55-67(54-82(86(84)92)95(79)76-32-23-22-31-68(76)57-27-20-17-21-28-57)94-80-52-65(90(10,11)12)35-39-69(80)70-40-36-66(53-81(70)94)91(13,14)15/h16-55H,1-15H3. The van der Waals surface area contributed by atoms with E-state index in [-0.39, 0.29) is 33.8 Å². The second kappa shape index (κ2) is 22.2. The van der Waals surface area contributed by atoms with Gasteiger partial charge in [0.25, 0.3) is 6.71 Å². The molecule has 0 saturated heterocycles. The number of rotatable bonds is 7. The van der Waals surface area contributed by atoms with Crippen LogP contribution in [0, 0.1) is 0 Å². The quantitative estimate of drug-likeness (QED) is 0.149. The van der Waals surface area contributed by atoms with Crippen LogP contribution in [-0.4, -0.2) is 20.8 Å². The molecule has 0 fully saturated rings. The second-order valence-electron chi connectivity index (χ2n) is 32.6. The Hall–Kier alpha value is -10.2. The van der Waals surface area contributed by atoms with E-state index in [0.717, 1.165) is 107 Å². The highest BCUT2D eigenvalue weighted by Crippen LogP contribution is 2.49. The SMILES string of the molecule is CC(C)(C)c1cccc(-c2cc(-c3ccc4c(c3)B3c5ccc(-c6ccccc6)cc5Oc5cc(-n6c7cc(C(C)(C)C)ccc7c7ccc(C(C)(C)C)cc76)cc(c53)N4c3ccccc3-c3ccccc3)nc(-n3c4ccc(C(C)(C)C)cc4c4cc(C(C)(C)C)ccc43)c2)c1. The van der Waals surface area contributed by atoms with Gasteiger partial charge in [0.1, 0.15) is 17.3 Å². The molecule has 0 unspecified atom stereocenters. The summed E-state index contributed by atoms with van der Waals surface area (Å²) >= 11 is 0. The van der Waals surface area contributed by atoms with Crippen molar-refractivity contribution in [2.24, 2.45) is 0 Å². The lowest BCUT2D eigenvalue weighted by atomic mass is 9.34. The molecule has 0 radical (unpaired) electrons. The van der Waals surface area contributed by atoms with Gasteiger partial charge in [-0.25, -0.2) is 4.98 Å². The molecular formula is C91H85BN4O. The predicted octanol–water partition coefficient (Wildman–Crippen LogP) is 22.8. The molecule has 14 aromatic rings. The fraction of sp³-hybridized carbons (Fsp3) is 0.220. The molecule has 0 amide bonds. The van der Waals surface area contributed by atoms with E-state index in [2.05, 4.69) is 361 Å². The number of para-hydroxylation sites is 1. The average Bonchev–Trinajstić information content (AvgIpc) is 1.71. The Labute approximate surface area is 573 Å². The molecular weight excluding hydrogens is 1180 g/mol. The van der Waals surface area contributed by atoms with Gasteiger partial charge in [-0.1, -0.05) is 268 Å². The molecule has 0 bridgehead atoms. The van der Waals surface area contributed by atoms with Crippen molar-refractivity contribution in [2.45, 2.75) is 131 Å². The third-order valence-corrected chi connectivity index (χ3v) is 20.7. The van der Waals surface area contributed by atoms with Crippen LogP contribution in [0.15, 0.2) is 243 Å². The van der Waals surface area contributed by atoms with Crippen molar-refractivity contribution in [1.29, 1.82) is 0 Å². The zero-order chi connectivity index (χ0) is 67.4. The van der Waals surface area contributed by atoms with Crippen LogP contribution in [0.4, 0.5) is 17.1 Å². The summed E-state index contributed by atoms with van der Waals surface area (Å²) in [7, 11) is 0. The Balaban J connectivity index is 0.991. The lowest BCUT2D eigenvalue weighted by molar-refractivity contribution is 0.487. The van der Waals surface area contributed by atoms with Gasteiger partial charge >= 0.3 is 0 Å². The molecule has 2 aliphatic heterocycles. The molecule has 5 nitrogen and oxygen atoms in total. The van der Waals surface area contributed by atoms with E-state index in [1.165, 1.54) is 65.9 Å². The molecule has 0 atom stereocenters. The van der Waals surface area contributed by atoms with E-state index in [4.69, 9.17) is 9.72 Å². The topological polar surface area (TPSA) is 35.2 Å². The number of anilines is 3. The van der Waals surface area contributed by atoms with Gasteiger partial charge in [-0.2, -0.15) is 0 Å². The predicted molar refractivity (Wildman–Crippen MR) is 414 cm³/mol. The molecule has 0 spiro atoms. The molecule has 3 aromatic heterocycles. The Morgan fingerprint density at radius 3 is 1.44 bits per heavy atom. The minimum absolute atomic E-state index is 0.0443. The fourth-order valence-corrected chi connectivity index (χ4v) is 15.2. The van der Waals surface area contributed by atoms with Gasteiger partial charge in [0.05, 0.1) is 39.1 Å². The van der Waals surface area contributed by atoms with E-state index in [1.54, 1.807) is 0 Å². The minimum atomic E-state index is -0.238. The third-order valence-electron chi connectivity index (χ3n) is 20.7. The normalized spacial score (nSPS) is 13.4. The van der Waals surface area contributed by atoms with Crippen molar-refractivity contribution in [3.05, 3.63) is 270 Å². The largest absolute Gasteiger partial charge is 0.458 e. The molecule has 478 valence electrons. The highest BCUT2D eigenvalue weighted by molar-refractivity contribution is 6.99. The zero-order valence-electron chi connectivity index (χ0n) is 58.9. The fourth-order valence-electron chi connectivity index (χ4n) is 15.2. The summed E-state index contributed by atoms with van der Waals surface area (Å²) in [6.45, 7) is 34.4. The Kier molecular flexibility index (Phi) is 14.1. The van der Waals surface area contributed by atoms with Crippen molar-refractivity contribution in [3.63, 3.8) is 0 Å². The number of nitrogens with zero attached hydrogens (tertiary/aromatic N) is 4. The van der Waals surface area contributed by atoms with Crippen molar-refractivity contribution < 1.29 is 4.74 Å². The lowest BCUT2D eigenvalue weighted by Crippen LogP contribution is -2.59. The molecule has 16 rings (SSSR count). The first-order valence-corrected chi connectivity index (χ1v) is 34.7. The van der Waals surface area contributed by atoms with Crippen LogP contribution in [0.5, 0.6) is 11.5 Å². The van der Waals surface area contributed by atoms with E-state index < -0.39 is 0 Å². The number of pyridine rings is 1. The van der Waals surface area contributed by atoms with Gasteiger partial charge in [-0.15, -0.1) is 0 Å². The Bertz CT molecular complexity index is 5370. The van der Waals surface area contributed by atoms with Crippen LogP contribution in [0.2, 0.25) is 0 Å². The summed E-state index contributed by atoms with van der Waals surface area (Å²) in [5.41, 5.74) is 27.1. The van der Waals surface area contributed by atoms with E-state index in [1.807, 2.05) is 0 Å². The zero-order valence-corrected chi connectivity index (χ0v) is 58.9. The third kappa shape index (κ3) is 10.6. The summed E-state index contributed by atoms with van der Waals surface area (Å²) in [6.07, 6.45) is 0. The highest BCUT2D eigenvalue weighted by Gasteiger charge is 2.44. The van der Waals surface area contributed by atoms with Gasteiger partial charge in [0.15, 0.2) is 0 Å². The Morgan fingerprint density at radius 1 is 0.309 bits per heavy atom. The van der Waals surface area contributed by atoms with Gasteiger partial charge < -0.3 is 14.2 Å². The number of hydrogen-bond acceptors (Lipinski definition) is 3. The molecule has 0 saturated carbocycles. The van der Waals surface area contributed by atoms with E-state index in [9.17, 15) is 0 Å². The maximum Gasteiger partial charge on any atom is 0.256 e. The van der Waals surface area contributed by atoms with Crippen LogP contribution < -0.4 is 26.0 Å². The summed E-state index contributed by atoms with van der Waals surface area (Å²) in [4.78, 5) is 8.48. The van der Waals surface area contributed by atoms with Crippen molar-refractivity contribution >= 4 is 83.8 Å². The number of fused-ring (bicyclic) bond motifs is 10. The smallest absolute Gasteiger partial charge is 0.256 e. The van der Waals surface area contributed by atoms with Crippen molar-refractivity contribution in [3.8, 4) is 67.6 Å². The monoisotopic (exact) mass is 1260 g/mol. The molecule has 0 aliphatic carbocycles. The van der Waals surface area contributed by atoms with Crippen LogP contribution in [0.25, 0.3) is 99.8 Å². The lowest BCUT2D eigenvalue weighted by Gasteiger charge is -2.41. The molecule has 0 N–H and O–H groups in total. The van der Waals surface area contributed by atoms with Gasteiger partial charge in [0.2, 0.25) is 0 Å². The van der Waals surface area contributed by atoms with Gasteiger partial charge in [0, 0.05) is 44.5 Å². The maximum absolute atomic E-state index is 7.66. The minimum Gasteiger partial charge on any atom is -0.458 e. The molecule has 97 heavy (non-hydrogen) atoms. The highest BCUT2D eigenvalue weighted by atomic mass is 16.5. The second-order valence-corrected chi connectivity index (χ2v) is 32.6. The summed E-state index contributed by atoms with van der Waals surface area (Å²) in [5.74, 6) is 2.55. The van der Waals surface area contributed by atoms with Gasteiger partial charge in [-0.3, -0.25) is 4.57 Å².